The van der Waals surface area contributed by atoms with Gasteiger partial charge in [0.05, 0.1) is 5.97 Å². The molecule has 0 amide bonds. The number of carboxylic acid groups (broad SMARTS) is 1. The van der Waals surface area contributed by atoms with Crippen LogP contribution in [-0.4, -0.2) is 37.5 Å². The van der Waals surface area contributed by atoms with Gasteiger partial charge in [-0.2, -0.15) is 0 Å². The van der Waals surface area contributed by atoms with Crippen molar-refractivity contribution < 1.29 is 51.9 Å². The summed E-state index contributed by atoms with van der Waals surface area (Å²) in [5, 5.41) is 10.7. The fraction of sp³-hybridized carbons (Fsp3) is 0.167. The molecule has 6 nitrogen and oxygen atoms in total. The van der Waals surface area contributed by atoms with Gasteiger partial charge >= 0.3 is 29.6 Å². The quantitative estimate of drug-likeness (QED) is 0.160. The Labute approximate surface area is 319 Å². The number of fused-ring (bicyclic) bond motifs is 2. The second-order valence-corrected chi connectivity index (χ2v) is 7.44. The first kappa shape index (κ1) is 55.8. The third-order valence-corrected chi connectivity index (χ3v) is 4.86. The third kappa shape index (κ3) is 21.0. The number of hydrogen-bond acceptors (Lipinski definition) is 6. The van der Waals surface area contributed by atoms with E-state index in [2.05, 4.69) is 82.9 Å². The molecule has 0 aliphatic heterocycles. The van der Waals surface area contributed by atoms with Crippen LogP contribution in [0, 0.1) is 36.5 Å². The molecule has 2 aliphatic carbocycles. The van der Waals surface area contributed by atoms with Gasteiger partial charge in [-0.1, -0.05) is 110 Å². The number of hydrogen-bond donors (Lipinski definition) is 1. The van der Waals surface area contributed by atoms with E-state index in [1.807, 2.05) is 38.1 Å². The van der Waals surface area contributed by atoms with Crippen LogP contribution in [0.25, 0.3) is 11.1 Å². The van der Waals surface area contributed by atoms with Gasteiger partial charge in [0.1, 0.15) is 0 Å². The average molecular weight is 669 g/mol. The first-order valence-corrected chi connectivity index (χ1v) is 13.1. The molecule has 2 N–H and O–H groups in total. The summed E-state index contributed by atoms with van der Waals surface area (Å²) in [5.74, 6) is 9.12. The Bertz CT molecular complexity index is 1780. The number of aliphatic carboxylic acids is 1. The summed E-state index contributed by atoms with van der Waals surface area (Å²) in [4.78, 5) is 37.2. The largest absolute Gasteiger partial charge is 1.00 e. The number of allylic oxidation sites excluding steroid dienone is 5. The fourth-order valence-corrected chi connectivity index (χ4v) is 3.14. The Balaban J connectivity index is -0.0000000783. The maximum atomic E-state index is 11.7. The van der Waals surface area contributed by atoms with Gasteiger partial charge in [0.25, 0.3) is 0 Å². The van der Waals surface area contributed by atoms with Gasteiger partial charge in [-0.25, -0.2) is 4.99 Å². The van der Waals surface area contributed by atoms with Crippen LogP contribution in [0.4, 0.5) is 0 Å². The van der Waals surface area contributed by atoms with E-state index < -0.39 is 11.8 Å². The number of rotatable bonds is 1. The van der Waals surface area contributed by atoms with Gasteiger partial charge in [-0.05, 0) is 77.5 Å². The molecule has 0 heterocycles. The number of carboxylic acids is 1. The molecule has 0 saturated heterocycles. The van der Waals surface area contributed by atoms with Crippen LogP contribution in [0.3, 0.4) is 0 Å². The number of ketones is 2. The molecular formula is C42H49N2NaO4. The van der Waals surface area contributed by atoms with Crippen molar-refractivity contribution in [1.82, 2.24) is 0 Å². The van der Waals surface area contributed by atoms with Gasteiger partial charge in [-0.3, -0.25) is 9.59 Å². The van der Waals surface area contributed by atoms with Crippen molar-refractivity contribution in [3.05, 3.63) is 137 Å². The summed E-state index contributed by atoms with van der Waals surface area (Å²) in [5.41, 5.74) is 18.1. The van der Waals surface area contributed by atoms with E-state index >= 15 is 0 Å². The number of terminal acetylenes is 2. The SMILES string of the molecule is C.C.C.C#CC#CC#C.C=C1C=C(C(=O)[O-])C(=O)c2ccccc21.C=C1C=CC(=O)c2ccccc21.C=C=C=C=C=C=NC.CC.CN.[HH].[HH].[Na+]. The molecule has 0 atom stereocenters. The molecule has 0 unspecified atom stereocenters. The smallest absolute Gasteiger partial charge is 0.545 e. The summed E-state index contributed by atoms with van der Waals surface area (Å²) in [6.07, 6.45) is 14.0. The predicted molar refractivity (Wildman–Crippen MR) is 206 cm³/mol. The van der Waals surface area contributed by atoms with Crippen LogP contribution < -0.4 is 40.4 Å². The molecule has 0 saturated carbocycles. The van der Waals surface area contributed by atoms with Crippen molar-refractivity contribution in [2.75, 3.05) is 14.1 Å². The molecule has 0 radical (unpaired) electrons. The zero-order chi connectivity index (χ0) is 34.6. The second-order valence-electron chi connectivity index (χ2n) is 7.44. The average Bonchev–Trinajstić information content (AvgIpc) is 3.08. The monoisotopic (exact) mass is 668 g/mol. The van der Waals surface area contributed by atoms with Gasteiger partial charge in [0.2, 0.25) is 0 Å². The molecule has 49 heavy (non-hydrogen) atoms. The summed E-state index contributed by atoms with van der Waals surface area (Å²) >= 11 is 0. The minimum Gasteiger partial charge on any atom is -0.545 e. The zero-order valence-corrected chi connectivity index (χ0v) is 28.8. The molecule has 2 aromatic carbocycles. The number of carbonyl (C=O) groups is 3. The van der Waals surface area contributed by atoms with Crippen molar-refractivity contribution in [2.24, 2.45) is 10.7 Å². The van der Waals surface area contributed by atoms with Crippen LogP contribution in [0.2, 0.25) is 0 Å². The Morgan fingerprint density at radius 3 is 1.65 bits per heavy atom. The van der Waals surface area contributed by atoms with Crippen molar-refractivity contribution in [1.29, 1.82) is 0 Å². The minimum atomic E-state index is -1.46. The molecule has 7 heteroatoms. The number of nitrogens with two attached hydrogens (primary N) is 1. The molecule has 2 aromatic rings. The molecular weight excluding hydrogens is 619 g/mol. The van der Waals surface area contributed by atoms with E-state index in [4.69, 9.17) is 12.8 Å². The van der Waals surface area contributed by atoms with E-state index in [0.717, 1.165) is 16.7 Å². The Morgan fingerprint density at radius 1 is 0.796 bits per heavy atom. The van der Waals surface area contributed by atoms with Crippen LogP contribution in [0.1, 0.15) is 70.8 Å². The second kappa shape index (κ2) is 35.3. The van der Waals surface area contributed by atoms with Crippen LogP contribution in [0.15, 0.2) is 120 Å². The molecule has 0 bridgehead atoms. The van der Waals surface area contributed by atoms with Gasteiger partial charge in [0.15, 0.2) is 11.6 Å². The Hall–Kier alpha value is -5.58. The third-order valence-electron chi connectivity index (χ3n) is 4.86. The zero-order valence-electron chi connectivity index (χ0n) is 26.8. The van der Waals surface area contributed by atoms with Gasteiger partial charge in [-0.15, -0.1) is 12.8 Å². The number of Topliss-reactive ketones (excluding diaryl/α,β-unsaturated/α-hetero) is 1. The van der Waals surface area contributed by atoms with Crippen molar-refractivity contribution in [3.63, 3.8) is 0 Å². The van der Waals surface area contributed by atoms with Gasteiger partial charge < -0.3 is 15.6 Å². The first-order chi connectivity index (χ1) is 21.7. The van der Waals surface area contributed by atoms with E-state index in [0.29, 0.717) is 16.7 Å². The summed E-state index contributed by atoms with van der Waals surface area (Å²) in [6, 6.07) is 14.3. The summed E-state index contributed by atoms with van der Waals surface area (Å²) in [6.45, 7) is 14.8. The maximum absolute atomic E-state index is 11.7. The fourth-order valence-electron chi connectivity index (χ4n) is 3.14. The Morgan fingerprint density at radius 2 is 1.24 bits per heavy atom. The van der Waals surface area contributed by atoms with Crippen molar-refractivity contribution in [2.45, 2.75) is 36.1 Å². The number of benzene rings is 2. The van der Waals surface area contributed by atoms with Crippen molar-refractivity contribution in [3.8, 4) is 36.5 Å². The summed E-state index contributed by atoms with van der Waals surface area (Å²) < 4.78 is 0. The molecule has 0 aromatic heterocycles. The molecule has 0 fully saturated rings. The van der Waals surface area contributed by atoms with Crippen LogP contribution in [-0.2, 0) is 4.79 Å². The maximum Gasteiger partial charge on any atom is 1.00 e. The summed E-state index contributed by atoms with van der Waals surface area (Å²) in [7, 11) is 3.10. The number of carbonyl (C=O) groups excluding carboxylic acids is 3. The number of nitrogens with zero attached hydrogens (tertiary/aromatic N) is 1. The van der Waals surface area contributed by atoms with E-state index in [1.54, 1.807) is 43.5 Å². The minimum absolute atomic E-state index is 0. The van der Waals surface area contributed by atoms with E-state index in [-0.39, 0.29) is 66.0 Å². The van der Waals surface area contributed by atoms with E-state index in [1.165, 1.54) is 13.1 Å². The topological polar surface area (TPSA) is 113 Å². The molecule has 0 spiro atoms. The number of aliphatic imine (C=N–C) groups is 1. The van der Waals surface area contributed by atoms with Crippen LogP contribution in [0.5, 0.6) is 0 Å². The first-order valence-electron chi connectivity index (χ1n) is 13.1. The van der Waals surface area contributed by atoms with Crippen LogP contribution >= 0.6 is 0 Å². The standard InChI is InChI=1S/C12H8O3.C11H8O.C7H5N.C6H2.C2H6.CH5N.3CH4.Na.2H2/c1-7-6-10(12(14)15)11(13)9-5-3-2-4-8(7)9;1-8-6-7-11(12)10-5-3-2-4-9(8)10;1-3-4-5-6-7-8-2;1-3-5-6-4-2;2*1-2;;;;;;/h2-6H,1H2,(H,14,15);2-7H,1H2;1H2,2H3;1-2H;1-2H3;2H2,1H3;3*1H4;;2*1H/q;;;;;;;;;+1;;/p-1. The molecule has 4 rings (SSSR count). The van der Waals surface area contributed by atoms with Crippen molar-refractivity contribution >= 4 is 34.6 Å². The Kier molecular flexibility index (Phi) is 40.2. The van der Waals surface area contributed by atoms with E-state index in [9.17, 15) is 19.5 Å². The predicted octanol–water partition coefficient (Wildman–Crippen LogP) is 4.38. The van der Waals surface area contributed by atoms with Gasteiger partial charge in [0, 0.05) is 43.9 Å². The normalized spacial score (nSPS) is 9.33. The molecule has 2 aliphatic rings. The molecule has 252 valence electrons.